The maximum Gasteiger partial charge on any atom is 0.262 e. The van der Waals surface area contributed by atoms with Gasteiger partial charge in [-0.15, -0.1) is 0 Å². The van der Waals surface area contributed by atoms with E-state index in [0.29, 0.717) is 35.0 Å². The number of amides is 2. The van der Waals surface area contributed by atoms with Crippen molar-refractivity contribution in [3.63, 3.8) is 0 Å². The average Bonchev–Trinajstić information content (AvgIpc) is 2.78. The van der Waals surface area contributed by atoms with Gasteiger partial charge in [0.2, 0.25) is 0 Å². The molecule has 3 aromatic rings. The van der Waals surface area contributed by atoms with Crippen molar-refractivity contribution in [2.75, 3.05) is 18.0 Å². The van der Waals surface area contributed by atoms with Gasteiger partial charge in [-0.1, -0.05) is 65.7 Å². The van der Waals surface area contributed by atoms with Crippen molar-refractivity contribution >= 4 is 40.7 Å². The van der Waals surface area contributed by atoms with E-state index in [-0.39, 0.29) is 23.4 Å². The molecule has 1 aliphatic heterocycles. The van der Waals surface area contributed by atoms with E-state index in [1.807, 2.05) is 36.4 Å². The molecule has 3 aromatic carbocycles. The van der Waals surface area contributed by atoms with Crippen LogP contribution in [-0.4, -0.2) is 31.0 Å². The first kappa shape index (κ1) is 21.2. The summed E-state index contributed by atoms with van der Waals surface area (Å²) in [7, 11) is 0. The molecule has 1 unspecified atom stereocenters. The van der Waals surface area contributed by atoms with E-state index in [4.69, 9.17) is 27.9 Å². The maximum absolute atomic E-state index is 13.3. The van der Waals surface area contributed by atoms with Gasteiger partial charge in [0.15, 0.2) is 6.10 Å². The summed E-state index contributed by atoms with van der Waals surface area (Å²) in [4.78, 5) is 27.6. The van der Waals surface area contributed by atoms with Crippen molar-refractivity contribution in [3.8, 4) is 5.75 Å². The number of hydrogen-bond acceptors (Lipinski definition) is 3. The number of ether oxygens (including phenoxy) is 1. The maximum atomic E-state index is 13.3. The number of carbonyl (C=O) groups excluding carboxylic acids is 2. The highest BCUT2D eigenvalue weighted by Gasteiger charge is 2.34. The minimum atomic E-state index is -0.833. The van der Waals surface area contributed by atoms with Gasteiger partial charge in [-0.05, 0) is 42.3 Å². The van der Waals surface area contributed by atoms with Gasteiger partial charge in [-0.2, -0.15) is 0 Å². The first-order chi connectivity index (χ1) is 15.0. The molecule has 0 bridgehead atoms. The summed E-state index contributed by atoms with van der Waals surface area (Å²) in [6.45, 7) is 0.549. The van der Waals surface area contributed by atoms with Gasteiger partial charge < -0.3 is 15.0 Å². The zero-order valence-corrected chi connectivity index (χ0v) is 18.1. The molecule has 2 amide bonds. The second kappa shape index (κ2) is 9.41. The Kier molecular flexibility index (Phi) is 6.44. The summed E-state index contributed by atoms with van der Waals surface area (Å²) in [5.74, 6) is -0.125. The molecule has 0 radical (unpaired) electrons. The standard InChI is InChI=1S/C24H20Cl2N2O3/c25-17-10-11-18(19(26)14-17)24(30)28-15-22(31-21-9-5-4-8-20(21)28)23(29)27-13-12-16-6-2-1-3-7-16/h1-11,14,22H,12-13,15H2,(H,27,29). The SMILES string of the molecule is O=C(NCCc1ccccc1)C1CN(C(=O)c2ccc(Cl)cc2Cl)c2ccccc2O1. The monoisotopic (exact) mass is 454 g/mol. The fourth-order valence-electron chi connectivity index (χ4n) is 3.46. The van der Waals surface area contributed by atoms with Crippen LogP contribution in [-0.2, 0) is 11.2 Å². The smallest absolute Gasteiger partial charge is 0.262 e. The molecule has 0 spiro atoms. The summed E-state index contributed by atoms with van der Waals surface area (Å²) in [5, 5.41) is 3.60. The van der Waals surface area contributed by atoms with Crippen molar-refractivity contribution in [2.45, 2.75) is 12.5 Å². The zero-order chi connectivity index (χ0) is 21.8. The molecule has 1 N–H and O–H groups in total. The zero-order valence-electron chi connectivity index (χ0n) is 16.6. The van der Waals surface area contributed by atoms with Gasteiger partial charge in [-0.3, -0.25) is 9.59 Å². The van der Waals surface area contributed by atoms with Gasteiger partial charge in [0.1, 0.15) is 5.75 Å². The van der Waals surface area contributed by atoms with Crippen LogP contribution in [0.4, 0.5) is 5.69 Å². The molecule has 0 saturated carbocycles. The molecule has 1 aliphatic rings. The lowest BCUT2D eigenvalue weighted by molar-refractivity contribution is -0.127. The van der Waals surface area contributed by atoms with E-state index in [1.165, 1.54) is 11.0 Å². The second-order valence-electron chi connectivity index (χ2n) is 7.14. The molecule has 4 rings (SSSR count). The Bertz CT molecular complexity index is 1100. The number of carbonyl (C=O) groups is 2. The molecule has 0 fully saturated rings. The number of para-hydroxylation sites is 2. The number of anilines is 1. The number of benzene rings is 3. The quantitative estimate of drug-likeness (QED) is 0.604. The van der Waals surface area contributed by atoms with Crippen molar-refractivity contribution in [2.24, 2.45) is 0 Å². The number of hydrogen-bond donors (Lipinski definition) is 1. The molecular weight excluding hydrogens is 435 g/mol. The third kappa shape index (κ3) is 4.84. The number of nitrogens with one attached hydrogen (secondary N) is 1. The molecular formula is C24H20Cl2N2O3. The molecule has 0 aliphatic carbocycles. The highest BCUT2D eigenvalue weighted by atomic mass is 35.5. The molecule has 7 heteroatoms. The molecule has 1 atom stereocenters. The van der Waals surface area contributed by atoms with Crippen molar-refractivity contribution in [1.82, 2.24) is 5.32 Å². The highest BCUT2D eigenvalue weighted by molar-refractivity contribution is 6.37. The van der Waals surface area contributed by atoms with Crippen molar-refractivity contribution < 1.29 is 14.3 Å². The first-order valence-electron chi connectivity index (χ1n) is 9.87. The van der Waals surface area contributed by atoms with Crippen LogP contribution in [0, 0.1) is 0 Å². The third-order valence-corrected chi connectivity index (χ3v) is 5.58. The Morgan fingerprint density at radius 1 is 1.00 bits per heavy atom. The summed E-state index contributed by atoms with van der Waals surface area (Å²) >= 11 is 12.2. The lowest BCUT2D eigenvalue weighted by atomic mass is 10.1. The Morgan fingerprint density at radius 2 is 1.74 bits per heavy atom. The minimum absolute atomic E-state index is 0.0754. The normalized spacial score (nSPS) is 15.0. The van der Waals surface area contributed by atoms with Crippen LogP contribution >= 0.6 is 23.2 Å². The summed E-state index contributed by atoms with van der Waals surface area (Å²) in [5.41, 5.74) is 2.03. The van der Waals surface area contributed by atoms with E-state index >= 15 is 0 Å². The Morgan fingerprint density at radius 3 is 2.52 bits per heavy atom. The van der Waals surface area contributed by atoms with Crippen molar-refractivity contribution in [1.29, 1.82) is 0 Å². The van der Waals surface area contributed by atoms with E-state index < -0.39 is 6.10 Å². The molecule has 158 valence electrons. The Hall–Kier alpha value is -3.02. The van der Waals surface area contributed by atoms with Crippen LogP contribution in [0.15, 0.2) is 72.8 Å². The Labute approximate surface area is 190 Å². The molecule has 1 heterocycles. The second-order valence-corrected chi connectivity index (χ2v) is 7.98. The molecule has 5 nitrogen and oxygen atoms in total. The van der Waals surface area contributed by atoms with Crippen LogP contribution in [0.25, 0.3) is 0 Å². The molecule has 0 aromatic heterocycles. The number of rotatable bonds is 5. The number of fused-ring (bicyclic) bond motifs is 1. The minimum Gasteiger partial charge on any atom is -0.477 e. The van der Waals surface area contributed by atoms with E-state index in [1.54, 1.807) is 30.3 Å². The third-order valence-electron chi connectivity index (χ3n) is 5.03. The molecule has 0 saturated heterocycles. The lowest BCUT2D eigenvalue weighted by Crippen LogP contribution is -2.51. The van der Waals surface area contributed by atoms with Crippen LogP contribution in [0.5, 0.6) is 5.75 Å². The van der Waals surface area contributed by atoms with Crippen LogP contribution in [0.1, 0.15) is 15.9 Å². The summed E-state index contributed by atoms with van der Waals surface area (Å²) in [6.07, 6.45) is -0.125. The average molecular weight is 455 g/mol. The van der Waals surface area contributed by atoms with Gasteiger partial charge >= 0.3 is 0 Å². The van der Waals surface area contributed by atoms with Crippen LogP contribution < -0.4 is 15.0 Å². The predicted octanol–water partition coefficient (Wildman–Crippen LogP) is 4.76. The Balaban J connectivity index is 1.51. The molecule has 31 heavy (non-hydrogen) atoms. The predicted molar refractivity (Wildman–Crippen MR) is 122 cm³/mol. The van der Waals surface area contributed by atoms with E-state index in [9.17, 15) is 9.59 Å². The van der Waals surface area contributed by atoms with Crippen LogP contribution in [0.3, 0.4) is 0 Å². The van der Waals surface area contributed by atoms with Gasteiger partial charge in [0, 0.05) is 11.6 Å². The topological polar surface area (TPSA) is 58.6 Å². The highest BCUT2D eigenvalue weighted by Crippen LogP contribution is 2.35. The number of halogens is 2. The summed E-state index contributed by atoms with van der Waals surface area (Å²) in [6, 6.07) is 21.7. The van der Waals surface area contributed by atoms with E-state index in [0.717, 1.165) is 5.56 Å². The van der Waals surface area contributed by atoms with E-state index in [2.05, 4.69) is 5.32 Å². The van der Waals surface area contributed by atoms with Crippen molar-refractivity contribution in [3.05, 3.63) is 94.0 Å². The fraction of sp³-hybridized carbons (Fsp3) is 0.167. The largest absolute Gasteiger partial charge is 0.477 e. The van der Waals surface area contributed by atoms with Gasteiger partial charge in [0.25, 0.3) is 11.8 Å². The first-order valence-corrected chi connectivity index (χ1v) is 10.6. The van der Waals surface area contributed by atoms with Gasteiger partial charge in [-0.25, -0.2) is 0 Å². The van der Waals surface area contributed by atoms with Crippen LogP contribution in [0.2, 0.25) is 10.0 Å². The fourth-order valence-corrected chi connectivity index (χ4v) is 3.95. The van der Waals surface area contributed by atoms with Gasteiger partial charge in [0.05, 0.1) is 22.8 Å². The lowest BCUT2D eigenvalue weighted by Gasteiger charge is -2.34. The summed E-state index contributed by atoms with van der Waals surface area (Å²) < 4.78 is 5.90. The number of nitrogens with zero attached hydrogens (tertiary/aromatic N) is 1.